The van der Waals surface area contributed by atoms with Gasteiger partial charge in [0.15, 0.2) is 0 Å². The molecule has 8 heteroatoms. The first-order valence-corrected chi connectivity index (χ1v) is 6.04. The molecule has 104 valence electrons. The largest absolute Gasteiger partial charge is 0.478 e. The molecule has 2 rings (SSSR count). The normalized spacial score (nSPS) is 11.9. The lowest BCUT2D eigenvalue weighted by atomic mass is 10.1. The summed E-state index contributed by atoms with van der Waals surface area (Å²) in [6.07, 6.45) is 2.72. The average molecular weight is 295 g/mol. The zero-order valence-electron chi connectivity index (χ0n) is 10.4. The number of rotatable bonds is 4. The quantitative estimate of drug-likeness (QED) is 0.896. The Bertz CT molecular complexity index is 642. The molecule has 0 fully saturated rings. The summed E-state index contributed by atoms with van der Waals surface area (Å²) in [6.45, 7) is 1.63. The molecule has 0 bridgehead atoms. The maximum Gasteiger partial charge on any atom is 0.337 e. The zero-order valence-corrected chi connectivity index (χ0v) is 11.2. The Labute approximate surface area is 119 Å². The second kappa shape index (κ2) is 5.70. The molecule has 0 spiro atoms. The summed E-state index contributed by atoms with van der Waals surface area (Å²) in [6, 6.07) is 3.61. The number of carbonyl (C=O) groups is 2. The number of nitrogens with zero attached hydrogens (tertiary/aromatic N) is 3. The van der Waals surface area contributed by atoms with Crippen molar-refractivity contribution in [1.29, 1.82) is 0 Å². The number of halogens is 1. The monoisotopic (exact) mass is 294 g/mol. The Balaban J connectivity index is 2.22. The number of amides is 1. The van der Waals surface area contributed by atoms with E-state index >= 15 is 0 Å². The Hall–Kier alpha value is -2.41. The smallest absolute Gasteiger partial charge is 0.337 e. The molecule has 0 aliphatic carbocycles. The fourth-order valence-corrected chi connectivity index (χ4v) is 1.75. The third kappa shape index (κ3) is 2.94. The number of anilines is 1. The number of aromatic carboxylic acids is 1. The van der Waals surface area contributed by atoms with Gasteiger partial charge in [-0.05, 0) is 25.1 Å². The minimum absolute atomic E-state index is 0.0726. The van der Waals surface area contributed by atoms with E-state index in [2.05, 4.69) is 15.4 Å². The first-order chi connectivity index (χ1) is 9.49. The molecule has 1 aromatic carbocycles. The number of benzene rings is 1. The maximum absolute atomic E-state index is 12.0. The summed E-state index contributed by atoms with van der Waals surface area (Å²) in [5.41, 5.74) is 0.107. The van der Waals surface area contributed by atoms with Gasteiger partial charge in [0.25, 0.3) is 0 Å². The van der Waals surface area contributed by atoms with Gasteiger partial charge in [-0.15, -0.1) is 0 Å². The number of carboxylic acids is 1. The van der Waals surface area contributed by atoms with Crippen LogP contribution >= 0.6 is 11.6 Å². The van der Waals surface area contributed by atoms with Crippen molar-refractivity contribution in [2.45, 2.75) is 13.0 Å². The second-order valence-electron chi connectivity index (χ2n) is 4.04. The highest BCUT2D eigenvalue weighted by Crippen LogP contribution is 2.21. The van der Waals surface area contributed by atoms with E-state index in [4.69, 9.17) is 16.7 Å². The molecule has 1 heterocycles. The van der Waals surface area contributed by atoms with Crippen LogP contribution in [-0.2, 0) is 4.79 Å². The molecular weight excluding hydrogens is 284 g/mol. The Morgan fingerprint density at radius 2 is 2.20 bits per heavy atom. The molecule has 20 heavy (non-hydrogen) atoms. The van der Waals surface area contributed by atoms with E-state index in [-0.39, 0.29) is 16.3 Å². The molecule has 0 radical (unpaired) electrons. The van der Waals surface area contributed by atoms with Gasteiger partial charge in [-0.25, -0.2) is 14.5 Å². The number of aromatic nitrogens is 3. The van der Waals surface area contributed by atoms with Gasteiger partial charge in [-0.3, -0.25) is 4.79 Å². The minimum Gasteiger partial charge on any atom is -0.478 e. The topological polar surface area (TPSA) is 97.1 Å². The highest BCUT2D eigenvalue weighted by atomic mass is 35.5. The number of carbonyl (C=O) groups excluding carboxylic acids is 1. The molecule has 0 saturated heterocycles. The number of carboxylic acid groups (broad SMARTS) is 1. The van der Waals surface area contributed by atoms with Crippen molar-refractivity contribution >= 4 is 29.2 Å². The van der Waals surface area contributed by atoms with E-state index in [0.717, 1.165) is 0 Å². The van der Waals surface area contributed by atoms with Crippen LogP contribution in [0.25, 0.3) is 0 Å². The highest BCUT2D eigenvalue weighted by molar-refractivity contribution is 6.31. The Morgan fingerprint density at radius 3 is 2.80 bits per heavy atom. The minimum atomic E-state index is -1.17. The summed E-state index contributed by atoms with van der Waals surface area (Å²) in [4.78, 5) is 26.9. The summed E-state index contributed by atoms with van der Waals surface area (Å²) in [7, 11) is 0. The van der Waals surface area contributed by atoms with E-state index in [0.29, 0.717) is 0 Å². The van der Waals surface area contributed by atoms with Gasteiger partial charge >= 0.3 is 5.97 Å². The predicted molar refractivity (Wildman–Crippen MR) is 71.8 cm³/mol. The molecule has 1 atom stereocenters. The van der Waals surface area contributed by atoms with E-state index < -0.39 is 17.9 Å². The van der Waals surface area contributed by atoms with Crippen molar-refractivity contribution in [3.63, 3.8) is 0 Å². The summed E-state index contributed by atoms with van der Waals surface area (Å²) in [5.74, 6) is -1.57. The fourth-order valence-electron chi connectivity index (χ4n) is 1.58. The van der Waals surface area contributed by atoms with Crippen LogP contribution in [-0.4, -0.2) is 31.7 Å². The van der Waals surface area contributed by atoms with E-state index in [1.54, 1.807) is 6.92 Å². The molecule has 0 aliphatic rings. The van der Waals surface area contributed by atoms with Crippen molar-refractivity contribution in [3.05, 3.63) is 41.4 Å². The molecule has 1 unspecified atom stereocenters. The van der Waals surface area contributed by atoms with Crippen molar-refractivity contribution in [2.24, 2.45) is 0 Å². The third-order valence-electron chi connectivity index (χ3n) is 2.68. The number of nitrogens with one attached hydrogen (secondary N) is 1. The van der Waals surface area contributed by atoms with Gasteiger partial charge in [0.05, 0.1) is 11.3 Å². The van der Waals surface area contributed by atoms with Gasteiger partial charge < -0.3 is 10.4 Å². The van der Waals surface area contributed by atoms with E-state index in [1.807, 2.05) is 0 Å². The van der Waals surface area contributed by atoms with Crippen LogP contribution in [0.5, 0.6) is 0 Å². The van der Waals surface area contributed by atoms with E-state index in [9.17, 15) is 9.59 Å². The standard InChI is InChI=1S/C12H11ClN4O3/c1-7(17-6-14-5-15-17)11(18)16-10-3-2-8(13)4-9(10)12(19)20/h2-7H,1H3,(H,16,18)(H,19,20). The van der Waals surface area contributed by atoms with Gasteiger partial charge in [0.2, 0.25) is 5.91 Å². The number of hydrogen-bond acceptors (Lipinski definition) is 4. The SMILES string of the molecule is CC(C(=O)Nc1ccc(Cl)cc1C(=O)O)n1cncn1. The van der Waals surface area contributed by atoms with Crippen LogP contribution < -0.4 is 5.32 Å². The molecular formula is C12H11ClN4O3. The van der Waals surface area contributed by atoms with Crippen LogP contribution in [0.4, 0.5) is 5.69 Å². The van der Waals surface area contributed by atoms with Crippen molar-refractivity contribution in [2.75, 3.05) is 5.32 Å². The third-order valence-corrected chi connectivity index (χ3v) is 2.92. The zero-order chi connectivity index (χ0) is 14.7. The fraction of sp³-hybridized carbons (Fsp3) is 0.167. The molecule has 2 N–H and O–H groups in total. The lowest BCUT2D eigenvalue weighted by Gasteiger charge is -2.13. The molecule has 1 amide bonds. The van der Waals surface area contributed by atoms with E-state index in [1.165, 1.54) is 35.5 Å². The summed E-state index contributed by atoms with van der Waals surface area (Å²) in [5, 5.41) is 15.8. The van der Waals surface area contributed by atoms with Crippen LogP contribution in [0.15, 0.2) is 30.9 Å². The summed E-state index contributed by atoms with van der Waals surface area (Å²) < 4.78 is 1.37. The maximum atomic E-state index is 12.0. The van der Waals surface area contributed by atoms with Crippen LogP contribution in [0.1, 0.15) is 23.3 Å². The van der Waals surface area contributed by atoms with Crippen LogP contribution in [0, 0.1) is 0 Å². The molecule has 2 aromatic rings. The lowest BCUT2D eigenvalue weighted by Crippen LogP contribution is -2.25. The van der Waals surface area contributed by atoms with Gasteiger partial charge in [-0.1, -0.05) is 11.6 Å². The first kappa shape index (κ1) is 14.0. The van der Waals surface area contributed by atoms with Crippen LogP contribution in [0.3, 0.4) is 0 Å². The molecule has 0 aliphatic heterocycles. The van der Waals surface area contributed by atoms with Crippen LogP contribution in [0.2, 0.25) is 5.02 Å². The molecule has 1 aromatic heterocycles. The lowest BCUT2D eigenvalue weighted by molar-refractivity contribution is -0.119. The van der Waals surface area contributed by atoms with Crippen molar-refractivity contribution in [3.8, 4) is 0 Å². The van der Waals surface area contributed by atoms with Crippen molar-refractivity contribution in [1.82, 2.24) is 14.8 Å². The highest BCUT2D eigenvalue weighted by Gasteiger charge is 2.18. The van der Waals surface area contributed by atoms with Gasteiger partial charge in [-0.2, -0.15) is 5.10 Å². The van der Waals surface area contributed by atoms with Gasteiger partial charge in [0, 0.05) is 5.02 Å². The average Bonchev–Trinajstić information content (AvgIpc) is 2.93. The Kier molecular flexibility index (Phi) is 3.99. The number of hydrogen-bond donors (Lipinski definition) is 2. The molecule has 7 nitrogen and oxygen atoms in total. The predicted octanol–water partition coefficient (Wildman–Crippen LogP) is 1.83. The summed E-state index contributed by atoms with van der Waals surface area (Å²) >= 11 is 5.74. The van der Waals surface area contributed by atoms with Gasteiger partial charge in [0.1, 0.15) is 18.7 Å². The molecule has 0 saturated carbocycles. The van der Waals surface area contributed by atoms with Crippen molar-refractivity contribution < 1.29 is 14.7 Å². The first-order valence-electron chi connectivity index (χ1n) is 5.67. The second-order valence-corrected chi connectivity index (χ2v) is 4.47. The Morgan fingerprint density at radius 1 is 1.45 bits per heavy atom.